The maximum Gasteiger partial charge on any atom is 0.337 e. The Morgan fingerprint density at radius 3 is 2.33 bits per heavy atom. The average molecular weight is 291 g/mol. The minimum atomic E-state index is -0.923. The number of hydrogen-bond donors (Lipinski definition) is 2. The predicted octanol–water partition coefficient (Wildman–Crippen LogP) is 1.91. The lowest BCUT2D eigenvalue weighted by Crippen LogP contribution is -2.29. The molecule has 0 aromatic heterocycles. The molecular formula is C15H17NO5. The Balaban J connectivity index is 2.02. The Morgan fingerprint density at radius 1 is 1.14 bits per heavy atom. The maximum atomic E-state index is 12.1. The molecule has 0 radical (unpaired) electrons. The van der Waals surface area contributed by atoms with Crippen molar-refractivity contribution in [1.29, 1.82) is 0 Å². The lowest BCUT2D eigenvalue weighted by molar-refractivity contribution is -0.145. The third kappa shape index (κ3) is 3.39. The van der Waals surface area contributed by atoms with E-state index >= 15 is 0 Å². The number of carboxylic acids is 1. The Hall–Kier alpha value is -2.37. The average Bonchev–Trinajstić information content (AvgIpc) is 2.97. The van der Waals surface area contributed by atoms with Crippen LogP contribution in [0.2, 0.25) is 0 Å². The highest BCUT2D eigenvalue weighted by Crippen LogP contribution is 2.32. The predicted molar refractivity (Wildman–Crippen MR) is 74.9 cm³/mol. The van der Waals surface area contributed by atoms with Crippen molar-refractivity contribution in [2.24, 2.45) is 11.8 Å². The van der Waals surface area contributed by atoms with E-state index in [9.17, 15) is 14.4 Å². The summed E-state index contributed by atoms with van der Waals surface area (Å²) in [5.41, 5.74) is 0.920. The zero-order valence-corrected chi connectivity index (χ0v) is 11.7. The van der Waals surface area contributed by atoms with Gasteiger partial charge in [-0.1, -0.05) is 6.42 Å². The van der Waals surface area contributed by atoms with Crippen molar-refractivity contribution in [3.8, 4) is 0 Å². The molecule has 0 spiro atoms. The Morgan fingerprint density at radius 2 is 1.76 bits per heavy atom. The van der Waals surface area contributed by atoms with Gasteiger partial charge >= 0.3 is 11.9 Å². The largest absolute Gasteiger partial charge is 0.481 e. The third-order valence-corrected chi connectivity index (χ3v) is 3.74. The molecule has 2 atom stereocenters. The number of amides is 1. The van der Waals surface area contributed by atoms with Crippen LogP contribution in [-0.2, 0) is 14.3 Å². The zero-order valence-electron chi connectivity index (χ0n) is 11.7. The number of benzene rings is 1. The summed E-state index contributed by atoms with van der Waals surface area (Å²) in [5, 5.41) is 11.8. The second-order valence-electron chi connectivity index (χ2n) is 5.04. The molecular weight excluding hydrogens is 274 g/mol. The SMILES string of the molecule is COC(=O)c1ccc(NC(=O)C2CCCC2C(=O)O)cc1. The quantitative estimate of drug-likeness (QED) is 0.827. The monoisotopic (exact) mass is 291 g/mol. The van der Waals surface area contributed by atoms with Crippen LogP contribution in [0.15, 0.2) is 24.3 Å². The standard InChI is InChI=1S/C15H17NO5/c1-21-15(20)9-5-7-10(8-6-9)16-13(17)11-3-2-4-12(11)14(18)19/h5-8,11-12H,2-4H2,1H3,(H,16,17)(H,18,19). The number of hydrogen-bond acceptors (Lipinski definition) is 4. The molecule has 1 amide bonds. The van der Waals surface area contributed by atoms with Crippen molar-refractivity contribution in [3.63, 3.8) is 0 Å². The van der Waals surface area contributed by atoms with E-state index in [1.54, 1.807) is 24.3 Å². The van der Waals surface area contributed by atoms with Crippen molar-refractivity contribution in [1.82, 2.24) is 0 Å². The van der Waals surface area contributed by atoms with E-state index in [4.69, 9.17) is 5.11 Å². The number of methoxy groups -OCH3 is 1. The number of ether oxygens (including phenoxy) is 1. The summed E-state index contributed by atoms with van der Waals surface area (Å²) in [6.07, 6.45) is 1.87. The fraction of sp³-hybridized carbons (Fsp3) is 0.400. The number of anilines is 1. The minimum absolute atomic E-state index is 0.286. The molecule has 2 rings (SSSR count). The molecule has 1 aliphatic rings. The number of carbonyl (C=O) groups is 3. The van der Waals surface area contributed by atoms with E-state index < -0.39 is 23.8 Å². The molecule has 1 aromatic rings. The second kappa shape index (κ2) is 6.39. The number of rotatable bonds is 4. The van der Waals surface area contributed by atoms with Gasteiger partial charge in [0.25, 0.3) is 0 Å². The van der Waals surface area contributed by atoms with Crippen LogP contribution < -0.4 is 5.32 Å². The molecule has 2 unspecified atom stereocenters. The van der Waals surface area contributed by atoms with E-state index in [0.717, 1.165) is 6.42 Å². The Labute approximate surface area is 122 Å². The van der Waals surface area contributed by atoms with Gasteiger partial charge in [-0.25, -0.2) is 4.79 Å². The molecule has 1 saturated carbocycles. The van der Waals surface area contributed by atoms with Crippen LogP contribution in [0.3, 0.4) is 0 Å². The first-order valence-electron chi connectivity index (χ1n) is 6.75. The Bertz CT molecular complexity index is 552. The van der Waals surface area contributed by atoms with Gasteiger partial charge in [-0.2, -0.15) is 0 Å². The van der Waals surface area contributed by atoms with Crippen LogP contribution >= 0.6 is 0 Å². The van der Waals surface area contributed by atoms with Gasteiger partial charge in [-0.05, 0) is 37.1 Å². The van der Waals surface area contributed by atoms with Crippen LogP contribution in [0.1, 0.15) is 29.6 Å². The highest BCUT2D eigenvalue weighted by atomic mass is 16.5. The van der Waals surface area contributed by atoms with E-state index in [1.165, 1.54) is 7.11 Å². The molecule has 6 heteroatoms. The molecule has 112 valence electrons. The summed E-state index contributed by atoms with van der Waals surface area (Å²) >= 11 is 0. The summed E-state index contributed by atoms with van der Waals surface area (Å²) in [6, 6.07) is 6.28. The fourth-order valence-electron chi connectivity index (χ4n) is 2.61. The first kappa shape index (κ1) is 15.0. The van der Waals surface area contributed by atoms with E-state index in [2.05, 4.69) is 10.1 Å². The summed E-state index contributed by atoms with van der Waals surface area (Å²) in [6.45, 7) is 0. The first-order chi connectivity index (χ1) is 10.0. The highest BCUT2D eigenvalue weighted by molar-refractivity contribution is 5.96. The summed E-state index contributed by atoms with van der Waals surface area (Å²) < 4.78 is 4.59. The first-order valence-corrected chi connectivity index (χ1v) is 6.75. The number of carbonyl (C=O) groups excluding carboxylic acids is 2. The molecule has 0 bridgehead atoms. The minimum Gasteiger partial charge on any atom is -0.481 e. The van der Waals surface area contributed by atoms with Gasteiger partial charge in [0.2, 0.25) is 5.91 Å². The lowest BCUT2D eigenvalue weighted by Gasteiger charge is -2.15. The molecule has 0 aliphatic heterocycles. The second-order valence-corrected chi connectivity index (χ2v) is 5.04. The summed E-state index contributed by atoms with van der Waals surface area (Å²) in [7, 11) is 1.30. The molecule has 2 N–H and O–H groups in total. The molecule has 21 heavy (non-hydrogen) atoms. The molecule has 0 heterocycles. The van der Waals surface area contributed by atoms with Crippen LogP contribution in [0.5, 0.6) is 0 Å². The van der Waals surface area contributed by atoms with Gasteiger partial charge in [0.05, 0.1) is 24.5 Å². The van der Waals surface area contributed by atoms with Crippen LogP contribution in [0.4, 0.5) is 5.69 Å². The number of esters is 1. The van der Waals surface area contributed by atoms with E-state index in [-0.39, 0.29) is 5.91 Å². The third-order valence-electron chi connectivity index (χ3n) is 3.74. The van der Waals surface area contributed by atoms with Crippen molar-refractivity contribution in [2.75, 3.05) is 12.4 Å². The van der Waals surface area contributed by atoms with Crippen molar-refractivity contribution >= 4 is 23.5 Å². The fourth-order valence-corrected chi connectivity index (χ4v) is 2.61. The zero-order chi connectivity index (χ0) is 15.4. The number of nitrogens with one attached hydrogen (secondary N) is 1. The smallest absolute Gasteiger partial charge is 0.337 e. The van der Waals surface area contributed by atoms with Gasteiger partial charge in [-0.15, -0.1) is 0 Å². The van der Waals surface area contributed by atoms with Crippen molar-refractivity contribution < 1.29 is 24.2 Å². The van der Waals surface area contributed by atoms with Crippen molar-refractivity contribution in [2.45, 2.75) is 19.3 Å². The van der Waals surface area contributed by atoms with E-state index in [0.29, 0.717) is 24.1 Å². The molecule has 0 saturated heterocycles. The summed E-state index contributed by atoms with van der Waals surface area (Å²) in [5.74, 6) is -2.77. The normalized spacial score (nSPS) is 20.8. The summed E-state index contributed by atoms with van der Waals surface area (Å²) in [4.78, 5) is 34.5. The number of carboxylic acid groups (broad SMARTS) is 1. The number of aliphatic carboxylic acids is 1. The molecule has 1 fully saturated rings. The molecule has 6 nitrogen and oxygen atoms in total. The van der Waals surface area contributed by atoms with E-state index in [1.807, 2.05) is 0 Å². The van der Waals surface area contributed by atoms with Gasteiger partial charge < -0.3 is 15.2 Å². The lowest BCUT2D eigenvalue weighted by atomic mass is 9.95. The van der Waals surface area contributed by atoms with Gasteiger partial charge in [0.15, 0.2) is 0 Å². The van der Waals surface area contributed by atoms with Crippen LogP contribution in [-0.4, -0.2) is 30.1 Å². The topological polar surface area (TPSA) is 92.7 Å². The Kier molecular flexibility index (Phi) is 4.57. The molecule has 1 aliphatic carbocycles. The van der Waals surface area contributed by atoms with Crippen LogP contribution in [0, 0.1) is 11.8 Å². The van der Waals surface area contributed by atoms with Gasteiger partial charge in [-0.3, -0.25) is 9.59 Å². The highest BCUT2D eigenvalue weighted by Gasteiger charge is 2.37. The van der Waals surface area contributed by atoms with Gasteiger partial charge in [0.1, 0.15) is 0 Å². The van der Waals surface area contributed by atoms with Gasteiger partial charge in [0, 0.05) is 5.69 Å². The van der Waals surface area contributed by atoms with Crippen LogP contribution in [0.25, 0.3) is 0 Å². The van der Waals surface area contributed by atoms with Crippen molar-refractivity contribution in [3.05, 3.63) is 29.8 Å². The maximum absolute atomic E-state index is 12.1. The molecule has 1 aromatic carbocycles.